The van der Waals surface area contributed by atoms with E-state index in [4.69, 9.17) is 0 Å². The van der Waals surface area contributed by atoms with E-state index < -0.39 is 5.54 Å². The van der Waals surface area contributed by atoms with Crippen LogP contribution in [-0.4, -0.2) is 12.1 Å². The van der Waals surface area contributed by atoms with E-state index in [1.165, 1.54) is 0 Å². The third kappa shape index (κ3) is 4.47. The molecule has 3 rings (SSSR count). The topological polar surface area (TPSA) is 41.1 Å². The van der Waals surface area contributed by atoms with Crippen molar-refractivity contribution in [2.45, 2.75) is 32.0 Å². The lowest BCUT2D eigenvalue weighted by atomic mass is 9.76. The van der Waals surface area contributed by atoms with Crippen LogP contribution in [0.5, 0.6) is 0 Å². The quantitative estimate of drug-likeness (QED) is 0.326. The van der Waals surface area contributed by atoms with Gasteiger partial charge in [0, 0.05) is 5.57 Å². The zero-order valence-electron chi connectivity index (χ0n) is 17.1. The molecule has 0 bridgehead atoms. The molecule has 1 atom stereocenters. The Labute approximate surface area is 173 Å². The number of rotatable bonds is 8. The molecule has 2 N–H and O–H groups in total. The zero-order valence-corrected chi connectivity index (χ0v) is 17.1. The highest BCUT2D eigenvalue weighted by Crippen LogP contribution is 2.37. The second-order valence-corrected chi connectivity index (χ2v) is 7.21. The van der Waals surface area contributed by atoms with Crippen molar-refractivity contribution < 1.29 is 4.79 Å². The highest BCUT2D eigenvalue weighted by Gasteiger charge is 2.38. The second-order valence-electron chi connectivity index (χ2n) is 7.21. The van der Waals surface area contributed by atoms with Crippen LogP contribution in [0.3, 0.4) is 0 Å². The lowest BCUT2D eigenvalue weighted by Gasteiger charge is -2.40. The SMILES string of the molecule is C=C(C)C(=O)NC(CC)NC(c1ccccc1)(c1ccccc1)c1ccccc1. The van der Waals surface area contributed by atoms with Crippen molar-refractivity contribution in [3.8, 4) is 0 Å². The van der Waals surface area contributed by atoms with E-state index in [2.05, 4.69) is 60.5 Å². The Balaban J connectivity index is 2.19. The molecule has 3 heteroatoms. The molecule has 0 fully saturated rings. The van der Waals surface area contributed by atoms with Gasteiger partial charge >= 0.3 is 0 Å². The number of nitrogens with one attached hydrogen (secondary N) is 2. The molecule has 3 nitrogen and oxygen atoms in total. The van der Waals surface area contributed by atoms with Crippen LogP contribution < -0.4 is 10.6 Å². The number of carbonyl (C=O) groups excluding carboxylic acids is 1. The van der Waals surface area contributed by atoms with Crippen LogP contribution in [0.4, 0.5) is 0 Å². The largest absolute Gasteiger partial charge is 0.337 e. The molecule has 0 saturated carbocycles. The molecule has 0 heterocycles. The van der Waals surface area contributed by atoms with Gasteiger partial charge in [-0.3, -0.25) is 10.1 Å². The maximum absolute atomic E-state index is 12.4. The Morgan fingerprint density at radius 1 is 0.828 bits per heavy atom. The van der Waals surface area contributed by atoms with E-state index in [9.17, 15) is 4.79 Å². The molecule has 3 aromatic carbocycles. The van der Waals surface area contributed by atoms with Crippen molar-refractivity contribution in [3.05, 3.63) is 120 Å². The zero-order chi connectivity index (χ0) is 20.7. The molecule has 0 radical (unpaired) electrons. The van der Waals surface area contributed by atoms with Gasteiger partial charge < -0.3 is 5.32 Å². The van der Waals surface area contributed by atoms with Crippen LogP contribution in [0.25, 0.3) is 0 Å². The average molecular weight is 385 g/mol. The molecule has 1 unspecified atom stereocenters. The van der Waals surface area contributed by atoms with Crippen LogP contribution >= 0.6 is 0 Å². The first-order valence-electron chi connectivity index (χ1n) is 9.98. The molecular formula is C26H28N2O. The van der Waals surface area contributed by atoms with Crippen molar-refractivity contribution in [3.63, 3.8) is 0 Å². The van der Waals surface area contributed by atoms with E-state index in [0.29, 0.717) is 5.57 Å². The van der Waals surface area contributed by atoms with Gasteiger partial charge in [0.15, 0.2) is 0 Å². The monoisotopic (exact) mass is 384 g/mol. The summed E-state index contributed by atoms with van der Waals surface area (Å²) in [6.45, 7) is 7.55. The lowest BCUT2D eigenvalue weighted by molar-refractivity contribution is -0.118. The van der Waals surface area contributed by atoms with E-state index >= 15 is 0 Å². The van der Waals surface area contributed by atoms with Crippen molar-refractivity contribution in [1.82, 2.24) is 10.6 Å². The first-order chi connectivity index (χ1) is 14.1. The molecular weight excluding hydrogens is 356 g/mol. The normalized spacial score (nSPS) is 12.2. The van der Waals surface area contributed by atoms with Crippen LogP contribution in [-0.2, 0) is 10.3 Å². The summed E-state index contributed by atoms with van der Waals surface area (Å²) in [5.74, 6) is -0.146. The van der Waals surface area contributed by atoms with Crippen LogP contribution in [0, 0.1) is 0 Å². The Morgan fingerprint density at radius 3 is 1.52 bits per heavy atom. The minimum absolute atomic E-state index is 0.146. The van der Waals surface area contributed by atoms with Gasteiger partial charge in [-0.05, 0) is 30.0 Å². The van der Waals surface area contributed by atoms with Crippen LogP contribution in [0.15, 0.2) is 103 Å². The fourth-order valence-electron chi connectivity index (χ4n) is 3.60. The van der Waals surface area contributed by atoms with Crippen molar-refractivity contribution >= 4 is 5.91 Å². The van der Waals surface area contributed by atoms with E-state index in [0.717, 1.165) is 23.1 Å². The molecule has 0 spiro atoms. The number of hydrogen-bond acceptors (Lipinski definition) is 2. The summed E-state index contributed by atoms with van der Waals surface area (Å²) < 4.78 is 0. The molecule has 1 amide bonds. The Kier molecular flexibility index (Phi) is 6.63. The summed E-state index contributed by atoms with van der Waals surface area (Å²) in [5.41, 5.74) is 3.21. The van der Waals surface area contributed by atoms with Crippen LogP contribution in [0.2, 0.25) is 0 Å². The molecule has 0 aliphatic heterocycles. The predicted octanol–water partition coefficient (Wildman–Crippen LogP) is 5.00. The molecule has 0 aromatic heterocycles. The first-order valence-corrected chi connectivity index (χ1v) is 9.98. The number of amides is 1. The summed E-state index contributed by atoms with van der Waals surface area (Å²) in [6, 6.07) is 31.1. The van der Waals surface area contributed by atoms with Crippen molar-refractivity contribution in [2.24, 2.45) is 0 Å². The van der Waals surface area contributed by atoms with Gasteiger partial charge in [-0.2, -0.15) is 0 Å². The molecule has 29 heavy (non-hydrogen) atoms. The smallest absolute Gasteiger partial charge is 0.247 e. The van der Waals surface area contributed by atoms with Gasteiger partial charge in [-0.1, -0.05) is 104 Å². The second kappa shape index (κ2) is 9.35. The number of benzene rings is 3. The third-order valence-corrected chi connectivity index (χ3v) is 5.11. The standard InChI is InChI=1S/C26H28N2O/c1-4-24(27-25(29)20(2)3)28-26(21-14-8-5-9-15-21,22-16-10-6-11-17-22)23-18-12-7-13-19-23/h5-19,24,28H,2,4H2,1,3H3,(H,27,29). The van der Waals surface area contributed by atoms with Gasteiger partial charge in [0.2, 0.25) is 5.91 Å². The Bertz CT molecular complexity index is 840. The van der Waals surface area contributed by atoms with Crippen LogP contribution in [0.1, 0.15) is 37.0 Å². The van der Waals surface area contributed by atoms with E-state index in [1.807, 2.05) is 54.6 Å². The summed E-state index contributed by atoms with van der Waals surface area (Å²) in [5, 5.41) is 6.86. The van der Waals surface area contributed by atoms with Gasteiger partial charge in [-0.15, -0.1) is 0 Å². The number of hydrogen-bond donors (Lipinski definition) is 2. The fourth-order valence-corrected chi connectivity index (χ4v) is 3.60. The van der Waals surface area contributed by atoms with Gasteiger partial charge in [0.05, 0.1) is 11.7 Å². The van der Waals surface area contributed by atoms with Crippen molar-refractivity contribution in [2.75, 3.05) is 0 Å². The summed E-state index contributed by atoms with van der Waals surface area (Å²) in [7, 11) is 0. The third-order valence-electron chi connectivity index (χ3n) is 5.11. The van der Waals surface area contributed by atoms with Crippen molar-refractivity contribution in [1.29, 1.82) is 0 Å². The maximum atomic E-state index is 12.4. The first kappa shape index (κ1) is 20.6. The van der Waals surface area contributed by atoms with E-state index in [1.54, 1.807) is 6.92 Å². The Hall–Kier alpha value is -3.17. The summed E-state index contributed by atoms with van der Waals surface area (Å²) in [6.07, 6.45) is 0.493. The minimum Gasteiger partial charge on any atom is -0.337 e. The summed E-state index contributed by atoms with van der Waals surface area (Å²) >= 11 is 0. The molecule has 0 aliphatic carbocycles. The average Bonchev–Trinajstić information content (AvgIpc) is 2.78. The highest BCUT2D eigenvalue weighted by molar-refractivity contribution is 5.92. The van der Waals surface area contributed by atoms with Gasteiger partial charge in [0.1, 0.15) is 0 Å². The molecule has 3 aromatic rings. The fraction of sp³-hybridized carbons (Fsp3) is 0.192. The van der Waals surface area contributed by atoms with Gasteiger partial charge in [-0.25, -0.2) is 0 Å². The number of carbonyl (C=O) groups is 1. The molecule has 0 saturated heterocycles. The Morgan fingerprint density at radius 2 is 1.21 bits per heavy atom. The minimum atomic E-state index is -0.618. The molecule has 148 valence electrons. The lowest BCUT2D eigenvalue weighted by Crippen LogP contribution is -2.56. The predicted molar refractivity (Wildman–Crippen MR) is 119 cm³/mol. The maximum Gasteiger partial charge on any atom is 0.247 e. The highest BCUT2D eigenvalue weighted by atomic mass is 16.1. The van der Waals surface area contributed by atoms with E-state index in [-0.39, 0.29) is 12.1 Å². The van der Waals surface area contributed by atoms with Gasteiger partial charge in [0.25, 0.3) is 0 Å². The molecule has 0 aliphatic rings. The summed E-state index contributed by atoms with van der Waals surface area (Å²) in [4.78, 5) is 12.4.